The number of benzene rings is 1. The van der Waals surface area contributed by atoms with Crippen LogP contribution in [0.25, 0.3) is 11.3 Å². The predicted molar refractivity (Wildman–Crippen MR) is 138 cm³/mol. The fourth-order valence-corrected chi connectivity index (χ4v) is 3.61. The first-order chi connectivity index (χ1) is 19.6. The van der Waals surface area contributed by atoms with E-state index in [2.05, 4.69) is 31.1 Å². The Balaban J connectivity index is 1.61. The number of anilines is 3. The molecule has 4 rings (SSSR count). The van der Waals surface area contributed by atoms with Gasteiger partial charge in [0.05, 0.1) is 42.9 Å². The average molecular weight is 521 g/mol. The van der Waals surface area contributed by atoms with Gasteiger partial charge in [0.1, 0.15) is 17.9 Å². The number of methoxy groups -OCH3 is 1. The first-order valence-electron chi connectivity index (χ1n) is 13.2. The molecular weight excluding hydrogens is 490 g/mol. The number of nitrogens with one attached hydrogen (secondary N) is 4. The summed E-state index contributed by atoms with van der Waals surface area (Å²) in [5.74, 6) is -1.00. The molecule has 1 aromatic carbocycles. The summed E-state index contributed by atoms with van der Waals surface area (Å²) in [7, 11) is 1.45. The number of pyridine rings is 1. The Bertz CT molecular complexity index is 1500. The van der Waals surface area contributed by atoms with E-state index >= 15 is 0 Å². The number of amides is 3. The Morgan fingerprint density at radius 3 is 2.84 bits per heavy atom. The van der Waals surface area contributed by atoms with Crippen molar-refractivity contribution in [1.29, 1.82) is 5.26 Å². The number of carbonyl (C=O) groups is 3. The Morgan fingerprint density at radius 2 is 2.11 bits per heavy atom. The molecule has 0 saturated heterocycles. The van der Waals surface area contributed by atoms with E-state index in [1.807, 2.05) is 5.32 Å². The van der Waals surface area contributed by atoms with Gasteiger partial charge < -0.3 is 26.0 Å². The maximum atomic E-state index is 12.8. The predicted octanol–water partition coefficient (Wildman–Crippen LogP) is 1.83. The number of rotatable bonds is 11. The zero-order chi connectivity index (χ0) is 29.6. The number of para-hydroxylation sites is 1. The third kappa shape index (κ3) is 6.22. The number of ether oxygens (including phenoxy) is 1. The van der Waals surface area contributed by atoms with Crippen LogP contribution in [0.1, 0.15) is 33.7 Å². The lowest BCUT2D eigenvalue weighted by Gasteiger charge is -2.17. The van der Waals surface area contributed by atoms with E-state index < -0.39 is 18.8 Å². The van der Waals surface area contributed by atoms with Crippen molar-refractivity contribution in [3.63, 3.8) is 0 Å². The number of nitriles is 1. The van der Waals surface area contributed by atoms with Crippen LogP contribution in [0, 0.1) is 17.2 Å². The second-order valence-corrected chi connectivity index (χ2v) is 8.35. The third-order valence-corrected chi connectivity index (χ3v) is 5.64. The van der Waals surface area contributed by atoms with Gasteiger partial charge >= 0.3 is 0 Å². The second-order valence-electron chi connectivity index (χ2n) is 8.35. The van der Waals surface area contributed by atoms with Crippen molar-refractivity contribution in [2.24, 2.45) is 5.92 Å². The molecule has 0 bridgehead atoms. The van der Waals surface area contributed by atoms with Gasteiger partial charge in [0, 0.05) is 41.4 Å². The van der Waals surface area contributed by atoms with Crippen molar-refractivity contribution in [2.45, 2.75) is 25.8 Å². The molecule has 13 heteroatoms. The smallest absolute Gasteiger partial charge is 0.254 e. The largest absolute Gasteiger partial charge is 0.494 e. The SMILES string of the molecule is [2H]C([2H])([2H])NC(=O)c1cnc(NC(=O)C2CC2)cc1Nc1cccc(-c2cnn(CCNC(=O)CC#N)n2)c1OC. The van der Waals surface area contributed by atoms with Gasteiger partial charge in [0.2, 0.25) is 11.8 Å². The molecule has 0 atom stereocenters. The molecule has 3 aromatic rings. The van der Waals surface area contributed by atoms with Gasteiger partial charge in [-0.1, -0.05) is 6.07 Å². The molecule has 196 valence electrons. The van der Waals surface area contributed by atoms with Crippen LogP contribution in [0.3, 0.4) is 0 Å². The summed E-state index contributed by atoms with van der Waals surface area (Å²) in [4.78, 5) is 42.1. The minimum Gasteiger partial charge on any atom is -0.494 e. The van der Waals surface area contributed by atoms with Gasteiger partial charge in [-0.25, -0.2) is 4.98 Å². The van der Waals surface area contributed by atoms with Crippen LogP contribution in [0.5, 0.6) is 5.75 Å². The molecule has 0 unspecified atom stereocenters. The monoisotopic (exact) mass is 520 g/mol. The maximum Gasteiger partial charge on any atom is 0.254 e. The molecule has 1 saturated carbocycles. The molecule has 1 fully saturated rings. The highest BCUT2D eigenvalue weighted by Gasteiger charge is 2.30. The summed E-state index contributed by atoms with van der Waals surface area (Å²) < 4.78 is 27.9. The molecule has 13 nitrogen and oxygen atoms in total. The van der Waals surface area contributed by atoms with E-state index in [9.17, 15) is 14.4 Å². The zero-order valence-electron chi connectivity index (χ0n) is 23.4. The van der Waals surface area contributed by atoms with Gasteiger partial charge in [-0.15, -0.1) is 0 Å². The molecule has 2 aromatic heterocycles. The summed E-state index contributed by atoms with van der Waals surface area (Å²) in [5, 5.41) is 27.6. The lowest BCUT2D eigenvalue weighted by molar-refractivity contribution is -0.120. The normalized spacial score (nSPS) is 13.7. The van der Waals surface area contributed by atoms with Crippen LogP contribution < -0.4 is 26.0 Å². The molecule has 3 amide bonds. The molecule has 0 aliphatic heterocycles. The van der Waals surface area contributed by atoms with Crippen LogP contribution in [0.4, 0.5) is 17.2 Å². The quantitative estimate of drug-likeness (QED) is 0.294. The molecule has 0 radical (unpaired) electrons. The van der Waals surface area contributed by atoms with E-state index in [0.717, 1.165) is 12.8 Å². The second kappa shape index (κ2) is 11.8. The highest BCUT2D eigenvalue weighted by molar-refractivity contribution is 6.01. The molecular formula is C25H27N9O4. The summed E-state index contributed by atoms with van der Waals surface area (Å²) in [5.41, 5.74) is 1.54. The Labute approximate surface area is 222 Å². The molecule has 2 heterocycles. The van der Waals surface area contributed by atoms with Gasteiger partial charge in [0.25, 0.3) is 5.91 Å². The van der Waals surface area contributed by atoms with Crippen molar-refractivity contribution >= 4 is 34.9 Å². The number of aromatic nitrogens is 4. The summed E-state index contributed by atoms with van der Waals surface area (Å²) in [6.45, 7) is -2.23. The molecule has 0 spiro atoms. The number of nitrogens with zero attached hydrogens (tertiary/aromatic N) is 5. The molecule has 1 aliphatic rings. The standard InChI is InChI=1S/C25H27N9O4/c1-27-25(37)17-13-29-21(32-24(36)15-6-7-15)12-19(17)31-18-5-3-4-16(23(18)38-2)20-14-30-34(33-20)11-10-28-22(35)8-9-26/h3-5,12-15H,6-8,10-11H2,1-2H3,(H,27,37)(H,28,35)(H2,29,31,32,36)/i1D3. The average Bonchev–Trinajstić information content (AvgIpc) is 3.66. The fourth-order valence-electron chi connectivity index (χ4n) is 3.61. The lowest BCUT2D eigenvalue weighted by atomic mass is 10.1. The summed E-state index contributed by atoms with van der Waals surface area (Å²) in [6, 6.07) is 8.38. The van der Waals surface area contributed by atoms with Gasteiger partial charge in [-0.2, -0.15) is 20.3 Å². The highest BCUT2D eigenvalue weighted by Crippen LogP contribution is 2.38. The van der Waals surface area contributed by atoms with Crippen LogP contribution in [0.2, 0.25) is 0 Å². The van der Waals surface area contributed by atoms with Crippen molar-refractivity contribution in [3.05, 3.63) is 42.2 Å². The van der Waals surface area contributed by atoms with Crippen molar-refractivity contribution in [3.8, 4) is 23.1 Å². The van der Waals surface area contributed by atoms with E-state index in [1.54, 1.807) is 24.3 Å². The van der Waals surface area contributed by atoms with E-state index in [1.165, 1.54) is 30.4 Å². The minimum atomic E-state index is -2.73. The van der Waals surface area contributed by atoms with E-state index in [0.29, 0.717) is 22.7 Å². The molecule has 4 N–H and O–H groups in total. The van der Waals surface area contributed by atoms with E-state index in [4.69, 9.17) is 14.1 Å². The van der Waals surface area contributed by atoms with Crippen LogP contribution >= 0.6 is 0 Å². The third-order valence-electron chi connectivity index (χ3n) is 5.64. The fraction of sp³-hybridized carbons (Fsp3) is 0.320. The Morgan fingerprint density at radius 1 is 1.26 bits per heavy atom. The number of hydrogen-bond donors (Lipinski definition) is 4. The van der Waals surface area contributed by atoms with Crippen molar-refractivity contribution < 1.29 is 23.2 Å². The molecule has 1 aliphatic carbocycles. The first-order valence-corrected chi connectivity index (χ1v) is 11.7. The van der Waals surface area contributed by atoms with Gasteiger partial charge in [-0.3, -0.25) is 14.4 Å². The van der Waals surface area contributed by atoms with E-state index in [-0.39, 0.29) is 48.4 Å². The lowest BCUT2D eigenvalue weighted by Crippen LogP contribution is -2.27. The van der Waals surface area contributed by atoms with Crippen molar-refractivity contribution in [1.82, 2.24) is 30.6 Å². The highest BCUT2D eigenvalue weighted by atomic mass is 16.5. The Kier molecular flexibility index (Phi) is 6.92. The maximum absolute atomic E-state index is 12.8. The van der Waals surface area contributed by atoms with Crippen LogP contribution in [0.15, 0.2) is 36.7 Å². The zero-order valence-corrected chi connectivity index (χ0v) is 20.4. The van der Waals surface area contributed by atoms with Crippen LogP contribution in [-0.4, -0.2) is 58.3 Å². The summed E-state index contributed by atoms with van der Waals surface area (Å²) >= 11 is 0. The Hall–Kier alpha value is -4.99. The van der Waals surface area contributed by atoms with Crippen molar-refractivity contribution in [2.75, 3.05) is 31.3 Å². The van der Waals surface area contributed by atoms with Gasteiger partial charge in [-0.05, 0) is 25.0 Å². The topological polar surface area (TPSA) is 176 Å². The van der Waals surface area contributed by atoms with Gasteiger partial charge in [0.15, 0.2) is 5.75 Å². The minimum absolute atomic E-state index is 0.0672. The first kappa shape index (κ1) is 22.2. The summed E-state index contributed by atoms with van der Waals surface area (Å²) in [6.07, 6.45) is 4.05. The molecule has 38 heavy (non-hydrogen) atoms. The van der Waals surface area contributed by atoms with Crippen LogP contribution in [-0.2, 0) is 16.1 Å². The number of hydrogen-bond acceptors (Lipinski definition) is 9. The number of carbonyl (C=O) groups excluding carboxylic acids is 3.